The fourth-order valence-electron chi connectivity index (χ4n) is 2.76. The van der Waals surface area contributed by atoms with Crippen molar-refractivity contribution in [3.63, 3.8) is 0 Å². The van der Waals surface area contributed by atoms with E-state index in [0.29, 0.717) is 24.6 Å². The second-order valence-corrected chi connectivity index (χ2v) is 5.92. The predicted octanol–water partition coefficient (Wildman–Crippen LogP) is 3.53. The van der Waals surface area contributed by atoms with Crippen molar-refractivity contribution in [2.24, 2.45) is 0 Å². The molecule has 132 valence electrons. The maximum absolute atomic E-state index is 6.02. The first kappa shape index (κ1) is 16.6. The zero-order valence-electron chi connectivity index (χ0n) is 14.5. The molecule has 0 fully saturated rings. The first-order chi connectivity index (χ1) is 13.3. The molecular weight excluding hydrogens is 338 g/mol. The molecule has 2 N–H and O–H groups in total. The number of fused-ring (bicyclic) bond motifs is 1. The fourth-order valence-corrected chi connectivity index (χ4v) is 2.76. The van der Waals surface area contributed by atoms with Crippen LogP contribution < -0.4 is 10.1 Å². The Morgan fingerprint density at radius 1 is 1.07 bits per heavy atom. The number of aromatic amines is 1. The number of aromatic nitrogens is 4. The van der Waals surface area contributed by atoms with Gasteiger partial charge < -0.3 is 15.0 Å². The third kappa shape index (κ3) is 3.72. The first-order valence-corrected chi connectivity index (χ1v) is 8.47. The summed E-state index contributed by atoms with van der Waals surface area (Å²) in [6, 6.07) is 15.8. The van der Waals surface area contributed by atoms with Gasteiger partial charge >= 0.3 is 0 Å². The normalized spacial score (nSPS) is 10.5. The molecule has 0 aliphatic rings. The van der Waals surface area contributed by atoms with Crippen molar-refractivity contribution in [1.29, 1.82) is 0 Å². The predicted molar refractivity (Wildman–Crippen MR) is 104 cm³/mol. The fraction of sp³-hybridized carbons (Fsp3) is 0.0952. The van der Waals surface area contributed by atoms with Crippen LogP contribution in [0.25, 0.3) is 11.2 Å². The van der Waals surface area contributed by atoms with Gasteiger partial charge in [-0.25, -0.2) is 15.0 Å². The lowest BCUT2D eigenvalue weighted by Crippen LogP contribution is -2.06. The molecule has 0 unspecified atom stereocenters. The number of rotatable bonds is 6. The first-order valence-electron chi connectivity index (χ1n) is 8.47. The Balaban J connectivity index is 1.55. The molecule has 0 radical (unpaired) electrons. The lowest BCUT2D eigenvalue weighted by Gasteiger charge is -2.13. The maximum Gasteiger partial charge on any atom is 0.182 e. The molecule has 4 rings (SSSR count). The van der Waals surface area contributed by atoms with Crippen LogP contribution in [0.3, 0.4) is 0 Å². The zero-order valence-corrected chi connectivity index (χ0v) is 14.5. The van der Waals surface area contributed by atoms with Crippen LogP contribution in [0.15, 0.2) is 61.2 Å². The Morgan fingerprint density at radius 3 is 2.81 bits per heavy atom. The quantitative estimate of drug-likeness (QED) is 0.518. The summed E-state index contributed by atoms with van der Waals surface area (Å²) in [6.07, 6.45) is 8.63. The Labute approximate surface area is 156 Å². The van der Waals surface area contributed by atoms with E-state index in [1.54, 1.807) is 6.33 Å². The van der Waals surface area contributed by atoms with Crippen molar-refractivity contribution in [3.8, 4) is 18.1 Å². The van der Waals surface area contributed by atoms with Gasteiger partial charge in [0.15, 0.2) is 11.5 Å². The molecule has 4 aromatic rings. The number of hydrogen-bond acceptors (Lipinski definition) is 5. The maximum atomic E-state index is 6.02. The monoisotopic (exact) mass is 355 g/mol. The number of H-pyrrole nitrogens is 1. The molecule has 2 heterocycles. The van der Waals surface area contributed by atoms with Crippen LogP contribution >= 0.6 is 0 Å². The molecule has 0 aliphatic heterocycles. The Morgan fingerprint density at radius 2 is 1.96 bits per heavy atom. The van der Waals surface area contributed by atoms with Gasteiger partial charge in [-0.2, -0.15) is 0 Å². The average molecular weight is 355 g/mol. The van der Waals surface area contributed by atoms with Gasteiger partial charge in [0.05, 0.1) is 6.33 Å². The molecule has 6 nitrogen and oxygen atoms in total. The molecule has 0 bridgehead atoms. The standard InChI is InChI=1S/C21H17N5O/c1-2-15-8-9-18(27-12-16-6-4-3-5-7-16)17(10-15)11-22-20-19-21(24-13-23-19)26-14-25-20/h1,3-10,13-14H,11-12H2,(H2,22,23,24,25,26). The Hall–Kier alpha value is -3.85. The highest BCUT2D eigenvalue weighted by atomic mass is 16.5. The number of benzene rings is 2. The van der Waals surface area contributed by atoms with Gasteiger partial charge in [-0.3, -0.25) is 0 Å². The SMILES string of the molecule is C#Cc1ccc(OCc2ccccc2)c(CNc2ncnc3nc[nH]c23)c1. The second kappa shape index (κ2) is 7.58. The molecule has 0 atom stereocenters. The van der Waals surface area contributed by atoms with Gasteiger partial charge in [0.1, 0.15) is 24.2 Å². The van der Waals surface area contributed by atoms with Crippen molar-refractivity contribution in [1.82, 2.24) is 19.9 Å². The van der Waals surface area contributed by atoms with E-state index < -0.39 is 0 Å². The topological polar surface area (TPSA) is 75.7 Å². The van der Waals surface area contributed by atoms with Gasteiger partial charge in [-0.15, -0.1) is 6.42 Å². The van der Waals surface area contributed by atoms with E-state index in [2.05, 4.69) is 31.2 Å². The molecule has 0 amide bonds. The summed E-state index contributed by atoms with van der Waals surface area (Å²) in [5.41, 5.74) is 4.23. The lowest BCUT2D eigenvalue weighted by molar-refractivity contribution is 0.303. The van der Waals surface area contributed by atoms with Crippen molar-refractivity contribution in [2.45, 2.75) is 13.2 Å². The van der Waals surface area contributed by atoms with Crippen LogP contribution in [-0.2, 0) is 13.2 Å². The minimum Gasteiger partial charge on any atom is -0.489 e. The number of terminal acetylenes is 1. The van der Waals surface area contributed by atoms with Crippen molar-refractivity contribution >= 4 is 17.0 Å². The molecule has 2 aromatic carbocycles. The van der Waals surface area contributed by atoms with Crippen LogP contribution in [0.4, 0.5) is 5.82 Å². The number of anilines is 1. The number of ether oxygens (including phenoxy) is 1. The van der Waals surface area contributed by atoms with E-state index in [4.69, 9.17) is 11.2 Å². The van der Waals surface area contributed by atoms with Crippen molar-refractivity contribution in [3.05, 3.63) is 77.9 Å². The van der Waals surface area contributed by atoms with Crippen LogP contribution in [0.2, 0.25) is 0 Å². The lowest BCUT2D eigenvalue weighted by atomic mass is 10.1. The smallest absolute Gasteiger partial charge is 0.182 e. The molecule has 0 aliphatic carbocycles. The molecule has 27 heavy (non-hydrogen) atoms. The minimum absolute atomic E-state index is 0.488. The summed E-state index contributed by atoms with van der Waals surface area (Å²) in [5, 5.41) is 3.31. The highest BCUT2D eigenvalue weighted by Crippen LogP contribution is 2.23. The minimum atomic E-state index is 0.488. The summed E-state index contributed by atoms with van der Waals surface area (Å²) in [7, 11) is 0. The van der Waals surface area contributed by atoms with E-state index >= 15 is 0 Å². The number of nitrogens with one attached hydrogen (secondary N) is 2. The largest absolute Gasteiger partial charge is 0.489 e. The van der Waals surface area contributed by atoms with E-state index in [9.17, 15) is 0 Å². The number of imidazole rings is 1. The van der Waals surface area contributed by atoms with Gasteiger partial charge in [0.2, 0.25) is 0 Å². The Kier molecular flexibility index (Phi) is 4.66. The number of nitrogens with zero attached hydrogens (tertiary/aromatic N) is 3. The van der Waals surface area contributed by atoms with Crippen LogP contribution in [0, 0.1) is 12.3 Å². The van der Waals surface area contributed by atoms with Crippen LogP contribution in [-0.4, -0.2) is 19.9 Å². The summed E-state index contributed by atoms with van der Waals surface area (Å²) < 4.78 is 6.02. The van der Waals surface area contributed by atoms with E-state index in [1.807, 2.05) is 48.5 Å². The van der Waals surface area contributed by atoms with Gasteiger partial charge in [-0.05, 0) is 23.8 Å². The highest BCUT2D eigenvalue weighted by molar-refractivity contribution is 5.81. The summed E-state index contributed by atoms with van der Waals surface area (Å²) in [5.74, 6) is 4.12. The third-order valence-electron chi connectivity index (χ3n) is 4.13. The molecule has 0 saturated heterocycles. The summed E-state index contributed by atoms with van der Waals surface area (Å²) >= 11 is 0. The third-order valence-corrected chi connectivity index (χ3v) is 4.13. The Bertz CT molecular complexity index is 1100. The van der Waals surface area contributed by atoms with Crippen LogP contribution in [0.1, 0.15) is 16.7 Å². The van der Waals surface area contributed by atoms with E-state index in [0.717, 1.165) is 28.0 Å². The molecular formula is C21H17N5O. The van der Waals surface area contributed by atoms with Crippen molar-refractivity contribution in [2.75, 3.05) is 5.32 Å². The molecule has 6 heteroatoms. The van der Waals surface area contributed by atoms with Crippen LogP contribution in [0.5, 0.6) is 5.75 Å². The van der Waals surface area contributed by atoms with E-state index in [1.165, 1.54) is 6.33 Å². The average Bonchev–Trinajstić information content (AvgIpc) is 3.21. The van der Waals surface area contributed by atoms with Gasteiger partial charge in [0, 0.05) is 17.7 Å². The molecule has 2 aromatic heterocycles. The van der Waals surface area contributed by atoms with Gasteiger partial charge in [0.25, 0.3) is 0 Å². The van der Waals surface area contributed by atoms with Gasteiger partial charge in [-0.1, -0.05) is 36.3 Å². The molecule has 0 saturated carbocycles. The summed E-state index contributed by atoms with van der Waals surface area (Å²) in [4.78, 5) is 15.6. The zero-order chi connectivity index (χ0) is 18.5. The summed E-state index contributed by atoms with van der Waals surface area (Å²) in [6.45, 7) is 0.992. The highest BCUT2D eigenvalue weighted by Gasteiger charge is 2.09. The molecule has 0 spiro atoms. The van der Waals surface area contributed by atoms with Crippen molar-refractivity contribution < 1.29 is 4.74 Å². The second-order valence-electron chi connectivity index (χ2n) is 5.92. The van der Waals surface area contributed by atoms with E-state index in [-0.39, 0.29) is 0 Å². The number of hydrogen-bond donors (Lipinski definition) is 2.